The average molecular weight is 357 g/mol. The Morgan fingerprint density at radius 1 is 1.00 bits per heavy atom. The lowest BCUT2D eigenvalue weighted by Crippen LogP contribution is -2.23. The van der Waals surface area contributed by atoms with E-state index in [-0.39, 0.29) is 12.5 Å². The molecule has 0 aliphatic rings. The minimum atomic E-state index is -4.43. The van der Waals surface area contributed by atoms with Crippen molar-refractivity contribution in [2.75, 3.05) is 0 Å². The van der Waals surface area contributed by atoms with Crippen LogP contribution in [0.15, 0.2) is 67.0 Å². The van der Waals surface area contributed by atoms with Crippen LogP contribution in [0.3, 0.4) is 0 Å². The van der Waals surface area contributed by atoms with Gasteiger partial charge in [0.2, 0.25) is 0 Å². The van der Waals surface area contributed by atoms with E-state index in [1.807, 2.05) is 6.07 Å². The average Bonchev–Trinajstić information content (AvgIpc) is 2.66. The second kappa shape index (κ2) is 7.35. The maximum Gasteiger partial charge on any atom is 0.417 e. The number of carbonyl (C=O) groups is 1. The Kier molecular flexibility index (Phi) is 4.97. The Bertz CT molecular complexity index is 894. The van der Waals surface area contributed by atoms with E-state index in [0.29, 0.717) is 16.8 Å². The summed E-state index contributed by atoms with van der Waals surface area (Å²) in [5.74, 6) is -0.301. The van der Waals surface area contributed by atoms with Gasteiger partial charge in [-0.3, -0.25) is 14.8 Å². The standard InChI is InChI=1S/C19H14F3N3O/c20-19(21,22)15-7-8-17(24-11-15)13-4-3-5-14(10-13)18(26)25-12-16-6-1-2-9-23-16/h1-11H,12H2,(H,25,26). The number of nitrogens with one attached hydrogen (secondary N) is 1. The molecule has 0 aliphatic heterocycles. The topological polar surface area (TPSA) is 54.9 Å². The zero-order valence-corrected chi connectivity index (χ0v) is 13.5. The molecule has 1 N–H and O–H groups in total. The van der Waals surface area contributed by atoms with E-state index >= 15 is 0 Å². The summed E-state index contributed by atoms with van der Waals surface area (Å²) in [5, 5.41) is 2.75. The highest BCUT2D eigenvalue weighted by Crippen LogP contribution is 2.29. The van der Waals surface area contributed by atoms with E-state index in [1.165, 1.54) is 6.07 Å². The third-order valence-electron chi connectivity index (χ3n) is 3.67. The summed E-state index contributed by atoms with van der Waals surface area (Å²) in [5.41, 5.74) is 1.22. The molecule has 3 rings (SSSR count). The summed E-state index contributed by atoms with van der Waals surface area (Å²) in [7, 11) is 0. The molecule has 0 fully saturated rings. The van der Waals surface area contributed by atoms with Gasteiger partial charge in [0, 0.05) is 23.5 Å². The number of halogens is 3. The Balaban J connectivity index is 1.74. The molecule has 0 spiro atoms. The molecule has 0 saturated carbocycles. The number of aromatic nitrogens is 2. The Hall–Kier alpha value is -3.22. The summed E-state index contributed by atoms with van der Waals surface area (Å²) >= 11 is 0. The van der Waals surface area contributed by atoms with Gasteiger partial charge in [-0.05, 0) is 36.4 Å². The monoisotopic (exact) mass is 357 g/mol. The third kappa shape index (κ3) is 4.24. The van der Waals surface area contributed by atoms with Gasteiger partial charge in [-0.25, -0.2) is 0 Å². The minimum Gasteiger partial charge on any atom is -0.346 e. The lowest BCUT2D eigenvalue weighted by atomic mass is 10.1. The van der Waals surface area contributed by atoms with E-state index in [2.05, 4.69) is 15.3 Å². The van der Waals surface area contributed by atoms with Crippen molar-refractivity contribution >= 4 is 5.91 Å². The number of nitrogens with zero attached hydrogens (tertiary/aromatic N) is 2. The van der Waals surface area contributed by atoms with Crippen molar-refractivity contribution in [3.63, 3.8) is 0 Å². The van der Waals surface area contributed by atoms with Gasteiger partial charge in [0.1, 0.15) is 0 Å². The molecular weight excluding hydrogens is 343 g/mol. The van der Waals surface area contributed by atoms with Crippen molar-refractivity contribution in [3.05, 3.63) is 83.8 Å². The molecule has 0 atom stereocenters. The van der Waals surface area contributed by atoms with E-state index in [0.717, 1.165) is 18.0 Å². The third-order valence-corrected chi connectivity index (χ3v) is 3.67. The fourth-order valence-corrected chi connectivity index (χ4v) is 2.33. The predicted molar refractivity (Wildman–Crippen MR) is 90.1 cm³/mol. The summed E-state index contributed by atoms with van der Waals surface area (Å²) in [4.78, 5) is 20.2. The quantitative estimate of drug-likeness (QED) is 0.765. The molecule has 4 nitrogen and oxygen atoms in total. The normalized spacial score (nSPS) is 11.2. The smallest absolute Gasteiger partial charge is 0.346 e. The second-order valence-corrected chi connectivity index (χ2v) is 5.51. The maximum absolute atomic E-state index is 12.6. The van der Waals surface area contributed by atoms with Crippen LogP contribution in [0.5, 0.6) is 0 Å². The Morgan fingerprint density at radius 3 is 2.50 bits per heavy atom. The van der Waals surface area contributed by atoms with Crippen molar-refractivity contribution in [3.8, 4) is 11.3 Å². The maximum atomic E-state index is 12.6. The largest absolute Gasteiger partial charge is 0.417 e. The summed E-state index contributed by atoms with van der Waals surface area (Å²) in [6, 6.07) is 14.2. The van der Waals surface area contributed by atoms with E-state index in [9.17, 15) is 18.0 Å². The fourth-order valence-electron chi connectivity index (χ4n) is 2.33. The number of benzene rings is 1. The molecule has 1 aromatic carbocycles. The van der Waals surface area contributed by atoms with E-state index < -0.39 is 11.7 Å². The molecule has 0 bridgehead atoms. The van der Waals surface area contributed by atoms with Gasteiger partial charge in [-0.1, -0.05) is 18.2 Å². The number of pyridine rings is 2. The number of alkyl halides is 3. The van der Waals surface area contributed by atoms with Crippen molar-refractivity contribution in [1.29, 1.82) is 0 Å². The van der Waals surface area contributed by atoms with Crippen LogP contribution in [0.2, 0.25) is 0 Å². The molecule has 7 heteroatoms. The van der Waals surface area contributed by atoms with Crippen LogP contribution in [-0.4, -0.2) is 15.9 Å². The highest BCUT2D eigenvalue weighted by molar-refractivity contribution is 5.95. The lowest BCUT2D eigenvalue weighted by Gasteiger charge is -2.08. The number of hydrogen-bond donors (Lipinski definition) is 1. The molecule has 3 aromatic rings. The van der Waals surface area contributed by atoms with E-state index in [1.54, 1.807) is 42.6 Å². The van der Waals surface area contributed by atoms with Crippen molar-refractivity contribution in [2.24, 2.45) is 0 Å². The minimum absolute atomic E-state index is 0.280. The van der Waals surface area contributed by atoms with Crippen LogP contribution >= 0.6 is 0 Å². The first kappa shape index (κ1) is 17.6. The first-order valence-electron chi connectivity index (χ1n) is 7.75. The number of amides is 1. The molecule has 1 amide bonds. The van der Waals surface area contributed by atoms with Gasteiger partial charge in [-0.15, -0.1) is 0 Å². The molecule has 0 saturated heterocycles. The zero-order chi connectivity index (χ0) is 18.6. The van der Waals surface area contributed by atoms with Crippen LogP contribution in [0.4, 0.5) is 13.2 Å². The summed E-state index contributed by atoms with van der Waals surface area (Å²) in [6.45, 7) is 0.280. The highest BCUT2D eigenvalue weighted by atomic mass is 19.4. The molecule has 0 unspecified atom stereocenters. The first-order valence-corrected chi connectivity index (χ1v) is 7.75. The van der Waals surface area contributed by atoms with Gasteiger partial charge in [0.25, 0.3) is 5.91 Å². The fraction of sp³-hybridized carbons (Fsp3) is 0.105. The van der Waals surface area contributed by atoms with Crippen molar-refractivity contribution in [1.82, 2.24) is 15.3 Å². The van der Waals surface area contributed by atoms with Crippen LogP contribution in [-0.2, 0) is 12.7 Å². The predicted octanol–water partition coefficient (Wildman–Crippen LogP) is 4.09. The Labute approximate surface area is 147 Å². The van der Waals surface area contributed by atoms with Crippen LogP contribution in [0.25, 0.3) is 11.3 Å². The molecule has 0 aliphatic carbocycles. The van der Waals surface area contributed by atoms with Crippen molar-refractivity contribution in [2.45, 2.75) is 12.7 Å². The molecule has 2 heterocycles. The van der Waals surface area contributed by atoms with Gasteiger partial charge in [-0.2, -0.15) is 13.2 Å². The van der Waals surface area contributed by atoms with Crippen LogP contribution < -0.4 is 5.32 Å². The summed E-state index contributed by atoms with van der Waals surface area (Å²) in [6.07, 6.45) is -2.01. The molecule has 26 heavy (non-hydrogen) atoms. The summed E-state index contributed by atoms with van der Waals surface area (Å²) < 4.78 is 37.9. The van der Waals surface area contributed by atoms with E-state index in [4.69, 9.17) is 0 Å². The van der Waals surface area contributed by atoms with Gasteiger partial charge < -0.3 is 5.32 Å². The van der Waals surface area contributed by atoms with Crippen LogP contribution in [0, 0.1) is 0 Å². The SMILES string of the molecule is O=C(NCc1ccccn1)c1cccc(-c2ccc(C(F)(F)F)cn2)c1. The van der Waals surface area contributed by atoms with Crippen molar-refractivity contribution < 1.29 is 18.0 Å². The zero-order valence-electron chi connectivity index (χ0n) is 13.5. The molecule has 0 radical (unpaired) electrons. The molecular formula is C19H14F3N3O. The highest BCUT2D eigenvalue weighted by Gasteiger charge is 2.30. The van der Waals surface area contributed by atoms with Gasteiger partial charge in [0.05, 0.1) is 23.5 Å². The second-order valence-electron chi connectivity index (χ2n) is 5.51. The lowest BCUT2D eigenvalue weighted by molar-refractivity contribution is -0.137. The number of carbonyl (C=O) groups excluding carboxylic acids is 1. The van der Waals surface area contributed by atoms with Crippen LogP contribution in [0.1, 0.15) is 21.6 Å². The number of rotatable bonds is 4. The Morgan fingerprint density at radius 2 is 1.85 bits per heavy atom. The molecule has 132 valence electrons. The number of hydrogen-bond acceptors (Lipinski definition) is 3. The van der Waals surface area contributed by atoms with Gasteiger partial charge in [0.15, 0.2) is 0 Å². The first-order chi connectivity index (χ1) is 12.4. The molecule has 2 aromatic heterocycles. The van der Waals surface area contributed by atoms with Gasteiger partial charge >= 0.3 is 6.18 Å².